The predicted octanol–water partition coefficient (Wildman–Crippen LogP) is 3.45. The Bertz CT molecular complexity index is 1050. The largest absolute Gasteiger partial charge is 0.480 e. The highest BCUT2D eigenvalue weighted by Crippen LogP contribution is 2.18. The summed E-state index contributed by atoms with van der Waals surface area (Å²) in [7, 11) is 0. The number of aliphatic carboxylic acids is 1. The molecule has 0 aliphatic rings. The number of carboxylic acids is 1. The summed E-state index contributed by atoms with van der Waals surface area (Å²) >= 11 is 0. The molecule has 3 rings (SSSR count). The molecule has 1 amide bonds. The second kappa shape index (κ2) is 10.1. The highest BCUT2D eigenvalue weighted by atomic mass is 16.4. The van der Waals surface area contributed by atoms with Gasteiger partial charge in [0.05, 0.1) is 6.20 Å². The lowest BCUT2D eigenvalue weighted by Crippen LogP contribution is -2.45. The van der Waals surface area contributed by atoms with Crippen molar-refractivity contribution in [1.29, 1.82) is 0 Å². The smallest absolute Gasteiger partial charge is 0.326 e. The SMILES string of the molecule is CCCCc1nc2ncncc2n1Cc1ccc(C(=O)N[C@H](C(=O)O)[C@@H](C)CC)cc1. The zero-order chi connectivity index (χ0) is 22.4. The van der Waals surface area contributed by atoms with Crippen molar-refractivity contribution in [2.45, 2.75) is 59.0 Å². The Hall–Kier alpha value is -3.29. The molecule has 31 heavy (non-hydrogen) atoms. The van der Waals surface area contributed by atoms with E-state index in [9.17, 15) is 14.7 Å². The van der Waals surface area contributed by atoms with Crippen LogP contribution in [0.4, 0.5) is 0 Å². The molecule has 0 fully saturated rings. The van der Waals surface area contributed by atoms with Crippen molar-refractivity contribution >= 4 is 23.0 Å². The number of benzene rings is 1. The third kappa shape index (κ3) is 5.25. The first-order valence-electron chi connectivity index (χ1n) is 10.7. The molecule has 1 aromatic carbocycles. The highest BCUT2D eigenvalue weighted by molar-refractivity contribution is 5.96. The molecule has 8 nitrogen and oxygen atoms in total. The molecule has 164 valence electrons. The Morgan fingerprint density at radius 1 is 1.19 bits per heavy atom. The van der Waals surface area contributed by atoms with E-state index in [1.165, 1.54) is 6.33 Å². The minimum atomic E-state index is -1.02. The summed E-state index contributed by atoms with van der Waals surface area (Å²) < 4.78 is 2.11. The molecule has 0 unspecified atom stereocenters. The molecule has 2 atom stereocenters. The number of carbonyl (C=O) groups excluding carboxylic acids is 1. The summed E-state index contributed by atoms with van der Waals surface area (Å²) in [6.45, 7) is 6.46. The minimum Gasteiger partial charge on any atom is -0.480 e. The standard InChI is InChI=1S/C23H29N5O3/c1-4-6-7-19-26-21-18(12-24-14-25-21)28(19)13-16-8-10-17(11-9-16)22(29)27-20(23(30)31)15(3)5-2/h8-12,14-15,20H,4-7,13H2,1-3H3,(H,27,29)(H,30,31)/t15-,20-/m0/s1. The summed E-state index contributed by atoms with van der Waals surface area (Å²) in [5, 5.41) is 12.0. The molecule has 0 aliphatic carbocycles. The van der Waals surface area contributed by atoms with Crippen LogP contribution in [0.3, 0.4) is 0 Å². The first-order chi connectivity index (χ1) is 14.9. The van der Waals surface area contributed by atoms with Crippen molar-refractivity contribution in [3.05, 3.63) is 53.7 Å². The first kappa shape index (κ1) is 22.4. The van der Waals surface area contributed by atoms with Crippen LogP contribution < -0.4 is 5.32 Å². The zero-order valence-electron chi connectivity index (χ0n) is 18.2. The average Bonchev–Trinajstić information content (AvgIpc) is 3.12. The number of aromatic nitrogens is 4. The third-order valence-electron chi connectivity index (χ3n) is 5.59. The molecular formula is C23H29N5O3. The van der Waals surface area contributed by atoms with Crippen LogP contribution >= 0.6 is 0 Å². The Morgan fingerprint density at radius 2 is 1.94 bits per heavy atom. The Labute approximate surface area is 181 Å². The lowest BCUT2D eigenvalue weighted by Gasteiger charge is -2.20. The summed E-state index contributed by atoms with van der Waals surface area (Å²) in [6, 6.07) is 6.30. The molecule has 0 saturated heterocycles. The lowest BCUT2D eigenvalue weighted by atomic mass is 9.99. The number of hydrogen-bond acceptors (Lipinski definition) is 5. The summed E-state index contributed by atoms with van der Waals surface area (Å²) in [4.78, 5) is 37.1. The second-order valence-electron chi connectivity index (χ2n) is 7.82. The van der Waals surface area contributed by atoms with Crippen molar-refractivity contribution in [3.63, 3.8) is 0 Å². The number of nitrogens with one attached hydrogen (secondary N) is 1. The van der Waals surface area contributed by atoms with E-state index < -0.39 is 12.0 Å². The minimum absolute atomic E-state index is 0.154. The van der Waals surface area contributed by atoms with E-state index in [1.807, 2.05) is 26.0 Å². The molecule has 0 spiro atoms. The summed E-state index contributed by atoms with van der Waals surface area (Å²) in [6.07, 6.45) is 6.91. The topological polar surface area (TPSA) is 110 Å². The van der Waals surface area contributed by atoms with Crippen LogP contribution in [0.2, 0.25) is 0 Å². The van der Waals surface area contributed by atoms with Crippen molar-refractivity contribution < 1.29 is 14.7 Å². The normalized spacial score (nSPS) is 13.1. The molecule has 8 heteroatoms. The number of imidazole rings is 1. The molecule has 0 saturated carbocycles. The molecule has 2 N–H and O–H groups in total. The van der Waals surface area contributed by atoms with Gasteiger partial charge in [-0.25, -0.2) is 19.7 Å². The number of amides is 1. The summed E-state index contributed by atoms with van der Waals surface area (Å²) in [5.74, 6) is -0.589. The fourth-order valence-corrected chi connectivity index (χ4v) is 3.47. The van der Waals surface area contributed by atoms with Crippen LogP contribution in [0.1, 0.15) is 61.8 Å². The van der Waals surface area contributed by atoms with Crippen LogP contribution in [-0.4, -0.2) is 42.5 Å². The lowest BCUT2D eigenvalue weighted by molar-refractivity contribution is -0.140. The van der Waals surface area contributed by atoms with Gasteiger partial charge in [-0.3, -0.25) is 4.79 Å². The number of fused-ring (bicyclic) bond motifs is 1. The predicted molar refractivity (Wildman–Crippen MR) is 118 cm³/mol. The van der Waals surface area contributed by atoms with Crippen molar-refractivity contribution in [1.82, 2.24) is 24.8 Å². The first-order valence-corrected chi connectivity index (χ1v) is 10.7. The number of rotatable bonds is 10. The molecule has 3 aromatic rings. The van der Waals surface area contributed by atoms with Crippen molar-refractivity contribution in [2.75, 3.05) is 0 Å². The van der Waals surface area contributed by atoms with E-state index in [-0.39, 0.29) is 11.8 Å². The van der Waals surface area contributed by atoms with Crippen LogP contribution in [0.15, 0.2) is 36.8 Å². The van der Waals surface area contributed by atoms with E-state index in [0.29, 0.717) is 24.2 Å². The fraction of sp³-hybridized carbons (Fsp3) is 0.435. The zero-order valence-corrected chi connectivity index (χ0v) is 18.2. The van der Waals surface area contributed by atoms with Crippen molar-refractivity contribution in [3.8, 4) is 0 Å². The highest BCUT2D eigenvalue weighted by Gasteiger charge is 2.25. The number of carboxylic acid groups (broad SMARTS) is 1. The Kier molecular flexibility index (Phi) is 7.33. The molecule has 2 aromatic heterocycles. The fourth-order valence-electron chi connectivity index (χ4n) is 3.47. The van der Waals surface area contributed by atoms with Crippen LogP contribution in [0.5, 0.6) is 0 Å². The van der Waals surface area contributed by atoms with E-state index in [2.05, 4.69) is 31.8 Å². The maximum absolute atomic E-state index is 12.5. The van der Waals surface area contributed by atoms with Crippen LogP contribution in [0.25, 0.3) is 11.2 Å². The van der Waals surface area contributed by atoms with Crippen LogP contribution in [-0.2, 0) is 17.8 Å². The maximum Gasteiger partial charge on any atom is 0.326 e. The average molecular weight is 424 g/mol. The van der Waals surface area contributed by atoms with Gasteiger partial charge in [-0.05, 0) is 30.0 Å². The van der Waals surface area contributed by atoms with Crippen molar-refractivity contribution in [2.24, 2.45) is 5.92 Å². The quantitative estimate of drug-likeness (QED) is 0.517. The number of hydrogen-bond donors (Lipinski definition) is 2. The van der Waals surface area contributed by atoms with Gasteiger partial charge in [0.1, 0.15) is 23.7 Å². The maximum atomic E-state index is 12.5. The molecular weight excluding hydrogens is 394 g/mol. The van der Waals surface area contributed by atoms with E-state index in [1.54, 1.807) is 18.3 Å². The molecule has 0 radical (unpaired) electrons. The van der Waals surface area contributed by atoms with Gasteiger partial charge in [-0.1, -0.05) is 45.7 Å². The van der Waals surface area contributed by atoms with Gasteiger partial charge in [-0.2, -0.15) is 0 Å². The van der Waals surface area contributed by atoms with Gasteiger partial charge in [-0.15, -0.1) is 0 Å². The van der Waals surface area contributed by atoms with Gasteiger partial charge in [0.15, 0.2) is 5.65 Å². The van der Waals surface area contributed by atoms with Gasteiger partial charge in [0.2, 0.25) is 0 Å². The monoisotopic (exact) mass is 423 g/mol. The molecule has 0 bridgehead atoms. The third-order valence-corrected chi connectivity index (χ3v) is 5.59. The van der Waals surface area contributed by atoms with E-state index in [4.69, 9.17) is 0 Å². The number of unbranched alkanes of at least 4 members (excludes halogenated alkanes) is 1. The van der Waals surface area contributed by atoms with Gasteiger partial charge in [0.25, 0.3) is 5.91 Å². The number of aryl methyl sites for hydroxylation is 1. The summed E-state index contributed by atoms with van der Waals surface area (Å²) in [5.41, 5.74) is 3.01. The molecule has 0 aliphatic heterocycles. The van der Waals surface area contributed by atoms with Gasteiger partial charge in [0, 0.05) is 18.5 Å². The van der Waals surface area contributed by atoms with Gasteiger partial charge < -0.3 is 15.0 Å². The Balaban J connectivity index is 1.78. The second-order valence-corrected chi connectivity index (χ2v) is 7.82. The molecule has 2 heterocycles. The van der Waals surface area contributed by atoms with Crippen LogP contribution in [0, 0.1) is 5.92 Å². The van der Waals surface area contributed by atoms with E-state index >= 15 is 0 Å². The number of carbonyl (C=O) groups is 2. The number of nitrogens with zero attached hydrogens (tertiary/aromatic N) is 4. The Morgan fingerprint density at radius 3 is 2.58 bits per heavy atom. The van der Waals surface area contributed by atoms with Gasteiger partial charge >= 0.3 is 5.97 Å². The van der Waals surface area contributed by atoms with E-state index in [0.717, 1.165) is 36.2 Å².